The van der Waals surface area contributed by atoms with E-state index in [4.69, 9.17) is 10.8 Å². The predicted molar refractivity (Wildman–Crippen MR) is 50.9 cm³/mol. The number of rotatable bonds is 4. The van der Waals surface area contributed by atoms with Gasteiger partial charge >= 0.3 is 5.97 Å². The second-order valence-electron chi connectivity index (χ2n) is 2.89. The molecular weight excluding hydrogens is 182 g/mol. The highest BCUT2D eigenvalue weighted by molar-refractivity contribution is 6.05. The van der Waals surface area contributed by atoms with Crippen molar-refractivity contribution in [2.45, 2.75) is 13.0 Å². The molecular formula is C10H11NO3. The second-order valence-corrected chi connectivity index (χ2v) is 2.89. The third-order valence-electron chi connectivity index (χ3n) is 1.82. The molecule has 0 aliphatic carbocycles. The van der Waals surface area contributed by atoms with Crippen molar-refractivity contribution in [2.24, 2.45) is 5.73 Å². The van der Waals surface area contributed by atoms with Crippen LogP contribution in [0.2, 0.25) is 0 Å². The highest BCUT2D eigenvalue weighted by atomic mass is 16.4. The number of carboxylic acids is 1. The van der Waals surface area contributed by atoms with Crippen LogP contribution in [0, 0.1) is 0 Å². The maximum absolute atomic E-state index is 11.2. The Balaban J connectivity index is 2.76. The number of ketones is 1. The Bertz CT molecular complexity index is 343. The molecule has 1 aromatic carbocycles. The number of nitrogens with two attached hydrogens (primary N) is 1. The van der Waals surface area contributed by atoms with Crippen molar-refractivity contribution in [2.75, 3.05) is 0 Å². The van der Waals surface area contributed by atoms with Crippen LogP contribution in [0.3, 0.4) is 0 Å². The Morgan fingerprint density at radius 1 is 1.21 bits per heavy atom. The zero-order chi connectivity index (χ0) is 10.6. The smallest absolute Gasteiger partial charge is 0.311 e. The molecule has 0 aliphatic heterocycles. The van der Waals surface area contributed by atoms with Crippen molar-refractivity contribution in [3.05, 3.63) is 35.4 Å². The molecule has 14 heavy (non-hydrogen) atoms. The normalized spacial score (nSPS) is 9.79. The molecule has 4 heteroatoms. The minimum Gasteiger partial charge on any atom is -0.481 e. The summed E-state index contributed by atoms with van der Waals surface area (Å²) in [5.74, 6) is -1.50. The van der Waals surface area contributed by atoms with E-state index >= 15 is 0 Å². The number of hydrogen-bond acceptors (Lipinski definition) is 3. The summed E-state index contributed by atoms with van der Waals surface area (Å²) in [4.78, 5) is 21.5. The minimum atomic E-state index is -1.11. The Hall–Kier alpha value is -1.68. The zero-order valence-corrected chi connectivity index (χ0v) is 7.56. The maximum atomic E-state index is 11.2. The van der Waals surface area contributed by atoms with Crippen LogP contribution in [-0.4, -0.2) is 16.9 Å². The van der Waals surface area contributed by atoms with E-state index < -0.39 is 12.4 Å². The van der Waals surface area contributed by atoms with Gasteiger partial charge < -0.3 is 10.8 Å². The van der Waals surface area contributed by atoms with Gasteiger partial charge in [-0.15, -0.1) is 0 Å². The SMILES string of the molecule is NCc1ccc(C(=O)CC(=O)O)cc1. The number of aliphatic carboxylic acids is 1. The molecule has 0 bridgehead atoms. The zero-order valence-electron chi connectivity index (χ0n) is 7.56. The van der Waals surface area contributed by atoms with Gasteiger partial charge in [0.2, 0.25) is 0 Å². The van der Waals surface area contributed by atoms with Crippen molar-refractivity contribution in [1.82, 2.24) is 0 Å². The molecule has 1 rings (SSSR count). The van der Waals surface area contributed by atoms with Crippen LogP contribution in [0.1, 0.15) is 22.3 Å². The van der Waals surface area contributed by atoms with E-state index in [0.29, 0.717) is 12.1 Å². The quantitative estimate of drug-likeness (QED) is 0.547. The first-order valence-electron chi connectivity index (χ1n) is 4.17. The molecule has 0 heterocycles. The topological polar surface area (TPSA) is 80.4 Å². The van der Waals surface area contributed by atoms with Crippen molar-refractivity contribution in [3.63, 3.8) is 0 Å². The Labute approximate surface area is 81.3 Å². The first-order chi connectivity index (χ1) is 6.63. The van der Waals surface area contributed by atoms with Gasteiger partial charge in [0.15, 0.2) is 5.78 Å². The lowest BCUT2D eigenvalue weighted by Gasteiger charge is -1.99. The van der Waals surface area contributed by atoms with E-state index in [2.05, 4.69) is 0 Å². The number of carbonyl (C=O) groups is 2. The van der Waals surface area contributed by atoms with Crippen molar-refractivity contribution in [3.8, 4) is 0 Å². The van der Waals surface area contributed by atoms with E-state index in [1.54, 1.807) is 24.3 Å². The van der Waals surface area contributed by atoms with Crippen LogP contribution in [0.25, 0.3) is 0 Å². The first-order valence-corrected chi connectivity index (χ1v) is 4.17. The second kappa shape index (κ2) is 4.53. The molecule has 0 aliphatic rings. The van der Waals surface area contributed by atoms with Gasteiger partial charge in [0.1, 0.15) is 6.42 Å². The van der Waals surface area contributed by atoms with Crippen molar-refractivity contribution >= 4 is 11.8 Å². The number of carboxylic acid groups (broad SMARTS) is 1. The van der Waals surface area contributed by atoms with Crippen LogP contribution in [0.15, 0.2) is 24.3 Å². The van der Waals surface area contributed by atoms with Gasteiger partial charge in [-0.05, 0) is 5.56 Å². The highest BCUT2D eigenvalue weighted by Gasteiger charge is 2.09. The number of carbonyl (C=O) groups excluding carboxylic acids is 1. The summed E-state index contributed by atoms with van der Waals surface area (Å²) in [6.45, 7) is 0.410. The number of hydrogen-bond donors (Lipinski definition) is 2. The lowest BCUT2D eigenvalue weighted by molar-refractivity contribution is -0.135. The van der Waals surface area contributed by atoms with Crippen LogP contribution in [0.5, 0.6) is 0 Å². The van der Waals surface area contributed by atoms with Gasteiger partial charge in [-0.3, -0.25) is 9.59 Å². The monoisotopic (exact) mass is 193 g/mol. The molecule has 0 spiro atoms. The Morgan fingerprint density at radius 2 is 1.79 bits per heavy atom. The van der Waals surface area contributed by atoms with Gasteiger partial charge in [0, 0.05) is 12.1 Å². The van der Waals surface area contributed by atoms with Gasteiger partial charge in [-0.25, -0.2) is 0 Å². The standard InChI is InChI=1S/C10H11NO3/c11-6-7-1-3-8(4-2-7)9(12)5-10(13)14/h1-4H,5-6,11H2,(H,13,14). The first kappa shape index (κ1) is 10.4. The lowest BCUT2D eigenvalue weighted by atomic mass is 10.1. The van der Waals surface area contributed by atoms with E-state index in [0.717, 1.165) is 5.56 Å². The van der Waals surface area contributed by atoms with Gasteiger partial charge in [0.05, 0.1) is 0 Å². The highest BCUT2D eigenvalue weighted by Crippen LogP contribution is 2.06. The van der Waals surface area contributed by atoms with Crippen molar-refractivity contribution < 1.29 is 14.7 Å². The predicted octanol–water partition coefficient (Wildman–Crippen LogP) is 0.803. The fraction of sp³-hybridized carbons (Fsp3) is 0.200. The summed E-state index contributed by atoms with van der Waals surface area (Å²) in [7, 11) is 0. The van der Waals surface area contributed by atoms with Crippen LogP contribution < -0.4 is 5.73 Å². The molecule has 4 nitrogen and oxygen atoms in total. The fourth-order valence-corrected chi connectivity index (χ4v) is 1.07. The van der Waals surface area contributed by atoms with Crippen molar-refractivity contribution in [1.29, 1.82) is 0 Å². The molecule has 0 fully saturated rings. The molecule has 0 amide bonds. The fourth-order valence-electron chi connectivity index (χ4n) is 1.07. The van der Waals surface area contributed by atoms with Crippen LogP contribution >= 0.6 is 0 Å². The third-order valence-corrected chi connectivity index (χ3v) is 1.82. The largest absolute Gasteiger partial charge is 0.481 e. The number of Topliss-reactive ketones (excluding diaryl/α,β-unsaturated/α-hetero) is 1. The molecule has 1 aromatic rings. The van der Waals surface area contributed by atoms with Gasteiger partial charge in [0.25, 0.3) is 0 Å². The van der Waals surface area contributed by atoms with Crippen LogP contribution in [0.4, 0.5) is 0 Å². The van der Waals surface area contributed by atoms with E-state index in [9.17, 15) is 9.59 Å². The molecule has 0 atom stereocenters. The summed E-state index contributed by atoms with van der Waals surface area (Å²) in [6.07, 6.45) is -0.470. The average Bonchev–Trinajstić information content (AvgIpc) is 2.17. The molecule has 0 unspecified atom stereocenters. The molecule has 0 radical (unpaired) electrons. The third kappa shape index (κ3) is 2.67. The van der Waals surface area contributed by atoms with Gasteiger partial charge in [-0.1, -0.05) is 24.3 Å². The van der Waals surface area contributed by atoms with Gasteiger partial charge in [-0.2, -0.15) is 0 Å². The molecule has 0 saturated carbocycles. The van der Waals surface area contributed by atoms with Crippen LogP contribution in [-0.2, 0) is 11.3 Å². The average molecular weight is 193 g/mol. The summed E-state index contributed by atoms with van der Waals surface area (Å²) in [6, 6.07) is 6.62. The molecule has 3 N–H and O–H groups in total. The molecule has 0 aromatic heterocycles. The summed E-state index contributed by atoms with van der Waals surface area (Å²) >= 11 is 0. The summed E-state index contributed by atoms with van der Waals surface area (Å²) in [5, 5.41) is 8.41. The van der Waals surface area contributed by atoms with E-state index in [1.165, 1.54) is 0 Å². The Morgan fingerprint density at radius 3 is 2.21 bits per heavy atom. The number of benzene rings is 1. The van der Waals surface area contributed by atoms with E-state index in [-0.39, 0.29) is 5.78 Å². The summed E-state index contributed by atoms with van der Waals surface area (Å²) < 4.78 is 0. The lowest BCUT2D eigenvalue weighted by Crippen LogP contribution is -2.07. The van der Waals surface area contributed by atoms with E-state index in [1.807, 2.05) is 0 Å². The molecule has 74 valence electrons. The minimum absolute atomic E-state index is 0.388. The summed E-state index contributed by atoms with van der Waals surface area (Å²) in [5.41, 5.74) is 6.70. The molecule has 0 saturated heterocycles. The Kier molecular flexibility index (Phi) is 3.36. The maximum Gasteiger partial charge on any atom is 0.311 e.